The summed E-state index contributed by atoms with van der Waals surface area (Å²) in [6.45, 7) is 6.44. The molecule has 5 heterocycles. The average Bonchev–Trinajstić information content (AvgIpc) is 3.42. The zero-order valence-electron chi connectivity index (χ0n) is 16.5. The van der Waals surface area contributed by atoms with E-state index in [4.69, 9.17) is 4.98 Å². The minimum Gasteiger partial charge on any atom is -0.316 e. The molecule has 29 heavy (non-hydrogen) atoms. The summed E-state index contributed by atoms with van der Waals surface area (Å²) >= 11 is 1.53. The van der Waals surface area contributed by atoms with Crippen molar-refractivity contribution >= 4 is 32.6 Å². The van der Waals surface area contributed by atoms with E-state index in [1.807, 2.05) is 25.3 Å². The fourth-order valence-corrected chi connectivity index (χ4v) is 4.69. The van der Waals surface area contributed by atoms with Crippen LogP contribution in [0.25, 0.3) is 21.6 Å². The number of hydrogen-bond donors (Lipinski definition) is 2. The number of nitrogens with one attached hydrogen (secondary N) is 2. The molecule has 4 aromatic heterocycles. The molecule has 2 N–H and O–H groups in total. The second-order valence-corrected chi connectivity index (χ2v) is 8.56. The maximum absolute atomic E-state index is 4.76. The topological polar surface area (TPSA) is 82.6 Å². The lowest BCUT2D eigenvalue weighted by atomic mass is 10.2. The molecule has 1 atom stereocenters. The van der Waals surface area contributed by atoms with Gasteiger partial charge in [0, 0.05) is 30.0 Å². The number of likely N-dealkylation sites (tertiary alicyclic amines) is 1. The van der Waals surface area contributed by atoms with Crippen molar-refractivity contribution in [3.8, 4) is 11.3 Å². The zero-order chi connectivity index (χ0) is 19.8. The Morgan fingerprint density at radius 2 is 2.21 bits per heavy atom. The van der Waals surface area contributed by atoms with Crippen molar-refractivity contribution in [3.63, 3.8) is 0 Å². The largest absolute Gasteiger partial charge is 0.316 e. The van der Waals surface area contributed by atoms with Crippen LogP contribution in [0.15, 0.2) is 36.7 Å². The van der Waals surface area contributed by atoms with Gasteiger partial charge >= 0.3 is 0 Å². The third kappa shape index (κ3) is 3.73. The van der Waals surface area contributed by atoms with Gasteiger partial charge in [-0.3, -0.25) is 10.00 Å². The highest BCUT2D eigenvalue weighted by Crippen LogP contribution is 2.30. The van der Waals surface area contributed by atoms with Gasteiger partial charge in [0.1, 0.15) is 16.2 Å². The van der Waals surface area contributed by atoms with Crippen LogP contribution in [0.4, 0.5) is 10.9 Å². The normalized spacial score (nSPS) is 17.2. The summed E-state index contributed by atoms with van der Waals surface area (Å²) in [4.78, 5) is 17.3. The number of aromatic amines is 1. The first-order valence-electron chi connectivity index (χ1n) is 9.89. The number of H-pyrrole nitrogens is 1. The molecule has 0 bridgehead atoms. The Hall–Kier alpha value is -2.84. The van der Waals surface area contributed by atoms with Crippen LogP contribution in [-0.4, -0.2) is 42.6 Å². The maximum Gasteiger partial charge on any atom is 0.190 e. The first-order valence-corrected chi connectivity index (χ1v) is 10.7. The number of hydrogen-bond acceptors (Lipinski definition) is 7. The molecule has 1 fully saturated rings. The summed E-state index contributed by atoms with van der Waals surface area (Å²) in [6.07, 6.45) is 6.25. The second-order valence-electron chi connectivity index (χ2n) is 7.58. The summed E-state index contributed by atoms with van der Waals surface area (Å²) in [5, 5.41) is 11.2. The van der Waals surface area contributed by atoms with Gasteiger partial charge in [0.05, 0.1) is 11.9 Å². The number of rotatable bonds is 5. The van der Waals surface area contributed by atoms with Gasteiger partial charge in [0.2, 0.25) is 0 Å². The van der Waals surface area contributed by atoms with E-state index >= 15 is 0 Å². The quantitative estimate of drug-likeness (QED) is 0.508. The monoisotopic (exact) mass is 405 g/mol. The Morgan fingerprint density at radius 3 is 3.00 bits per heavy atom. The molecule has 1 aliphatic heterocycles. The predicted molar refractivity (Wildman–Crippen MR) is 116 cm³/mol. The van der Waals surface area contributed by atoms with E-state index in [0.29, 0.717) is 6.04 Å². The van der Waals surface area contributed by atoms with Crippen molar-refractivity contribution in [2.45, 2.75) is 39.3 Å². The number of fused-ring (bicyclic) bond motifs is 1. The van der Waals surface area contributed by atoms with E-state index < -0.39 is 0 Å². The molecule has 5 rings (SSSR count). The summed E-state index contributed by atoms with van der Waals surface area (Å²) < 4.78 is 0. The van der Waals surface area contributed by atoms with Crippen molar-refractivity contribution < 1.29 is 0 Å². The summed E-state index contributed by atoms with van der Waals surface area (Å²) in [7, 11) is 0. The highest BCUT2D eigenvalue weighted by molar-refractivity contribution is 7.21. The lowest BCUT2D eigenvalue weighted by Crippen LogP contribution is -2.26. The van der Waals surface area contributed by atoms with E-state index in [1.165, 1.54) is 36.3 Å². The highest BCUT2D eigenvalue weighted by Gasteiger charge is 2.20. The predicted octanol–water partition coefficient (Wildman–Crippen LogP) is 4.51. The highest BCUT2D eigenvalue weighted by atomic mass is 32.1. The lowest BCUT2D eigenvalue weighted by molar-refractivity contribution is 0.260. The number of nitrogens with zero attached hydrogens (tertiary/aromatic N) is 5. The van der Waals surface area contributed by atoms with Crippen LogP contribution in [-0.2, 0) is 6.54 Å². The summed E-state index contributed by atoms with van der Waals surface area (Å²) in [5.41, 5.74) is 5.07. The molecule has 7 nitrogen and oxygen atoms in total. The molecule has 0 spiro atoms. The van der Waals surface area contributed by atoms with Crippen LogP contribution in [0.1, 0.15) is 31.0 Å². The van der Waals surface area contributed by atoms with Gasteiger partial charge in [0.25, 0.3) is 0 Å². The van der Waals surface area contributed by atoms with Gasteiger partial charge in [-0.15, -0.1) is 0 Å². The number of aromatic nitrogens is 5. The van der Waals surface area contributed by atoms with E-state index in [-0.39, 0.29) is 0 Å². The number of anilines is 2. The minimum absolute atomic E-state index is 0.656. The van der Waals surface area contributed by atoms with Crippen molar-refractivity contribution in [1.29, 1.82) is 0 Å². The van der Waals surface area contributed by atoms with Crippen molar-refractivity contribution in [2.24, 2.45) is 0 Å². The van der Waals surface area contributed by atoms with Crippen LogP contribution in [0.5, 0.6) is 0 Å². The molecule has 0 unspecified atom stereocenters. The van der Waals surface area contributed by atoms with Crippen molar-refractivity contribution in [3.05, 3.63) is 47.9 Å². The Labute approximate surface area is 173 Å². The molecular weight excluding hydrogens is 382 g/mol. The van der Waals surface area contributed by atoms with Crippen LogP contribution in [0.2, 0.25) is 0 Å². The fraction of sp³-hybridized carbons (Fsp3) is 0.333. The molecule has 1 aliphatic rings. The third-order valence-electron chi connectivity index (χ3n) is 5.50. The van der Waals surface area contributed by atoms with Gasteiger partial charge in [-0.25, -0.2) is 15.0 Å². The lowest BCUT2D eigenvalue weighted by Gasteiger charge is -2.21. The van der Waals surface area contributed by atoms with Gasteiger partial charge in [0.15, 0.2) is 5.13 Å². The first-order chi connectivity index (χ1) is 14.2. The Balaban J connectivity index is 1.36. The fourth-order valence-electron chi connectivity index (χ4n) is 3.84. The third-order valence-corrected chi connectivity index (χ3v) is 6.38. The standard InChI is InChI=1S/C21H23N7S/c1-13-4-3-9-28(13)12-15-7-8-22-19(10-15)26-21-25-18-6-5-17(24-20(18)29-21)16-11-23-27-14(16)2/h5-8,10-11,13H,3-4,9,12H2,1-2H3,(H,23,27)(H,22,25,26)/t13-/m0/s1. The van der Waals surface area contributed by atoms with Gasteiger partial charge in [-0.05, 0) is 63.1 Å². The van der Waals surface area contributed by atoms with E-state index in [1.54, 1.807) is 6.20 Å². The molecule has 4 aromatic rings. The zero-order valence-corrected chi connectivity index (χ0v) is 17.3. The smallest absolute Gasteiger partial charge is 0.190 e. The van der Waals surface area contributed by atoms with E-state index in [9.17, 15) is 0 Å². The Morgan fingerprint density at radius 1 is 1.28 bits per heavy atom. The molecule has 0 radical (unpaired) electrons. The molecule has 0 aliphatic carbocycles. The van der Waals surface area contributed by atoms with Gasteiger partial charge in [-0.1, -0.05) is 11.3 Å². The molecule has 0 amide bonds. The van der Waals surface area contributed by atoms with Crippen LogP contribution in [0.3, 0.4) is 0 Å². The minimum atomic E-state index is 0.656. The van der Waals surface area contributed by atoms with Crippen molar-refractivity contribution in [1.82, 2.24) is 30.0 Å². The van der Waals surface area contributed by atoms with Crippen LogP contribution >= 0.6 is 11.3 Å². The number of thiazole rings is 1. The van der Waals surface area contributed by atoms with Crippen LogP contribution in [0, 0.1) is 6.92 Å². The Bertz CT molecular complexity index is 1150. The Kier molecular flexibility index (Phi) is 4.73. The summed E-state index contributed by atoms with van der Waals surface area (Å²) in [5.74, 6) is 0.819. The molecule has 1 saturated heterocycles. The average molecular weight is 406 g/mol. The van der Waals surface area contributed by atoms with Gasteiger partial charge in [-0.2, -0.15) is 5.10 Å². The molecule has 148 valence electrons. The maximum atomic E-state index is 4.76. The molecular formula is C21H23N7S. The van der Waals surface area contributed by atoms with Crippen molar-refractivity contribution in [2.75, 3.05) is 11.9 Å². The van der Waals surface area contributed by atoms with E-state index in [0.717, 1.165) is 44.8 Å². The second kappa shape index (κ2) is 7.53. The first kappa shape index (κ1) is 18.2. The number of aryl methyl sites for hydroxylation is 1. The summed E-state index contributed by atoms with van der Waals surface area (Å²) in [6, 6.07) is 8.85. The number of pyridine rings is 2. The van der Waals surface area contributed by atoms with E-state index in [2.05, 4.69) is 49.4 Å². The molecule has 0 aromatic carbocycles. The SMILES string of the molecule is Cc1[nH]ncc1-c1ccc2nc(Nc3cc(CN4CCC[C@@H]4C)ccn3)sc2n1. The molecule has 0 saturated carbocycles. The molecule has 8 heteroatoms. The van der Waals surface area contributed by atoms with Gasteiger partial charge < -0.3 is 5.32 Å². The van der Waals surface area contributed by atoms with Crippen LogP contribution < -0.4 is 5.32 Å².